The molecule has 0 bridgehead atoms. The molecule has 7 heteroatoms. The fourth-order valence-electron chi connectivity index (χ4n) is 3.59. The molecule has 4 rings (SSSR count). The lowest BCUT2D eigenvalue weighted by molar-refractivity contribution is -0.137. The van der Waals surface area contributed by atoms with Gasteiger partial charge in [-0.2, -0.15) is 13.2 Å². The first-order chi connectivity index (χ1) is 14.4. The Morgan fingerprint density at radius 3 is 2.43 bits per heavy atom. The first-order valence-electron chi connectivity index (χ1n) is 10.2. The normalized spacial score (nSPS) is 17.7. The van der Waals surface area contributed by atoms with Crippen LogP contribution in [0.5, 0.6) is 0 Å². The zero-order valence-corrected chi connectivity index (χ0v) is 17.8. The van der Waals surface area contributed by atoms with Crippen molar-refractivity contribution in [3.8, 4) is 0 Å². The van der Waals surface area contributed by atoms with E-state index >= 15 is 0 Å². The predicted molar refractivity (Wildman–Crippen MR) is 116 cm³/mol. The fraction of sp³-hybridized carbons (Fsp3) is 0.391. The van der Waals surface area contributed by atoms with E-state index in [2.05, 4.69) is 16.3 Å². The largest absolute Gasteiger partial charge is 0.416 e. The van der Waals surface area contributed by atoms with Crippen LogP contribution in [0.4, 0.5) is 13.2 Å². The van der Waals surface area contributed by atoms with Crippen LogP contribution in [0.1, 0.15) is 30.0 Å². The molecule has 2 heterocycles. The van der Waals surface area contributed by atoms with Gasteiger partial charge < -0.3 is 15.3 Å². The molecule has 0 amide bonds. The van der Waals surface area contributed by atoms with Crippen molar-refractivity contribution < 1.29 is 18.3 Å². The van der Waals surface area contributed by atoms with Gasteiger partial charge in [0, 0.05) is 49.1 Å². The van der Waals surface area contributed by atoms with E-state index in [4.69, 9.17) is 5.11 Å². The first-order valence-corrected chi connectivity index (χ1v) is 11.0. The molecule has 2 N–H and O–H groups in total. The van der Waals surface area contributed by atoms with Crippen LogP contribution in [0, 0.1) is 0 Å². The molecule has 1 fully saturated rings. The number of fused-ring (bicyclic) bond motifs is 2. The van der Waals surface area contributed by atoms with Crippen molar-refractivity contribution in [3.05, 3.63) is 65.2 Å². The number of hydrogen-bond acceptors (Lipinski definition) is 4. The van der Waals surface area contributed by atoms with E-state index in [9.17, 15) is 13.2 Å². The number of aliphatic hydroxyl groups is 1. The minimum atomic E-state index is -4.33. The van der Waals surface area contributed by atoms with Gasteiger partial charge in [-0.15, -0.1) is 0 Å². The fourth-order valence-corrected chi connectivity index (χ4v) is 4.68. The van der Waals surface area contributed by atoms with E-state index < -0.39 is 11.7 Å². The summed E-state index contributed by atoms with van der Waals surface area (Å²) in [5.74, 6) is 0. The van der Waals surface area contributed by atoms with E-state index in [0.29, 0.717) is 5.56 Å². The topological polar surface area (TPSA) is 35.5 Å². The second-order valence-electron chi connectivity index (χ2n) is 7.12. The molecule has 0 spiro atoms. The summed E-state index contributed by atoms with van der Waals surface area (Å²) in [7, 11) is 0. The molecule has 1 saturated heterocycles. The van der Waals surface area contributed by atoms with Gasteiger partial charge in [-0.3, -0.25) is 0 Å². The maximum atomic E-state index is 13.2. The average molecular weight is 437 g/mol. The van der Waals surface area contributed by atoms with Crippen molar-refractivity contribution in [2.75, 3.05) is 39.3 Å². The highest BCUT2D eigenvalue weighted by Gasteiger charge is 2.32. The summed E-state index contributed by atoms with van der Waals surface area (Å²) < 4.78 is 39.7. The van der Waals surface area contributed by atoms with Crippen molar-refractivity contribution in [3.63, 3.8) is 0 Å². The summed E-state index contributed by atoms with van der Waals surface area (Å²) in [5.41, 5.74) is 2.04. The molecule has 30 heavy (non-hydrogen) atoms. The Morgan fingerprint density at radius 2 is 1.73 bits per heavy atom. The van der Waals surface area contributed by atoms with Crippen molar-refractivity contribution in [2.24, 2.45) is 0 Å². The van der Waals surface area contributed by atoms with Crippen LogP contribution < -0.4 is 5.32 Å². The summed E-state index contributed by atoms with van der Waals surface area (Å²) in [6, 6.07) is 12.0. The number of alkyl halides is 3. The van der Waals surface area contributed by atoms with Crippen molar-refractivity contribution >= 4 is 17.3 Å². The molecule has 162 valence electrons. The monoisotopic (exact) mass is 436 g/mol. The number of aliphatic hydroxyl groups excluding tert-OH is 1. The van der Waals surface area contributed by atoms with Crippen molar-refractivity contribution in [2.45, 2.75) is 29.3 Å². The molecule has 2 aromatic carbocycles. The standard InChI is InChI=1S/C21H21F3N2S.C2H6O/c22-21(23,24)15-7-8-20-18(14-15)16(17-4-1-2-6-19(17)27-20)5-3-11-26-12-9-25-10-13-26;1-2-3/h1-2,4-8,14,25H,3,9-13H2;3H,2H2,1H3. The van der Waals surface area contributed by atoms with E-state index in [1.54, 1.807) is 24.8 Å². The lowest BCUT2D eigenvalue weighted by Crippen LogP contribution is -2.43. The highest BCUT2D eigenvalue weighted by atomic mass is 32.2. The molecule has 0 aliphatic carbocycles. The predicted octanol–water partition coefficient (Wildman–Crippen LogP) is 4.90. The van der Waals surface area contributed by atoms with Gasteiger partial charge in [0.2, 0.25) is 0 Å². The van der Waals surface area contributed by atoms with Crippen LogP contribution in [0.25, 0.3) is 5.57 Å². The molecular weight excluding hydrogens is 409 g/mol. The molecule has 0 atom stereocenters. The third kappa shape index (κ3) is 5.66. The van der Waals surface area contributed by atoms with Crippen LogP contribution in [-0.4, -0.2) is 49.3 Å². The number of nitrogens with zero attached hydrogens (tertiary/aromatic N) is 1. The number of benzene rings is 2. The third-order valence-corrected chi connectivity index (χ3v) is 6.15. The average Bonchev–Trinajstić information content (AvgIpc) is 2.73. The van der Waals surface area contributed by atoms with E-state index in [0.717, 1.165) is 60.1 Å². The van der Waals surface area contributed by atoms with Crippen LogP contribution in [0.2, 0.25) is 0 Å². The van der Waals surface area contributed by atoms with Gasteiger partial charge in [-0.05, 0) is 54.3 Å². The SMILES string of the molecule is CCO.FC(F)(F)c1ccc2c(c1)C(=CCCN1CCNCC1)c1ccccc1S2. The number of hydrogen-bond donors (Lipinski definition) is 2. The third-order valence-electron chi connectivity index (χ3n) is 5.00. The molecule has 0 aromatic heterocycles. The Morgan fingerprint density at radius 1 is 1.07 bits per heavy atom. The Kier molecular flexibility index (Phi) is 7.99. The number of rotatable bonds is 3. The summed E-state index contributed by atoms with van der Waals surface area (Å²) >= 11 is 1.54. The van der Waals surface area contributed by atoms with E-state index in [1.807, 2.05) is 24.3 Å². The summed E-state index contributed by atoms with van der Waals surface area (Å²) in [6.45, 7) is 6.88. The number of nitrogens with one attached hydrogen (secondary N) is 1. The van der Waals surface area contributed by atoms with Gasteiger partial charge in [0.15, 0.2) is 0 Å². The number of piperazine rings is 1. The van der Waals surface area contributed by atoms with E-state index in [-0.39, 0.29) is 6.61 Å². The Balaban J connectivity index is 0.000000806. The van der Waals surface area contributed by atoms with Crippen molar-refractivity contribution in [1.82, 2.24) is 10.2 Å². The Labute approximate surface area is 180 Å². The summed E-state index contributed by atoms with van der Waals surface area (Å²) in [6.07, 6.45) is -1.40. The first kappa shape index (κ1) is 22.9. The molecular formula is C23H27F3N2OS. The van der Waals surface area contributed by atoms with Crippen molar-refractivity contribution in [1.29, 1.82) is 0 Å². The summed E-state index contributed by atoms with van der Waals surface area (Å²) in [5, 5.41) is 10.9. The molecule has 3 nitrogen and oxygen atoms in total. The quantitative estimate of drug-likeness (QED) is 0.613. The molecule has 2 aliphatic heterocycles. The van der Waals surface area contributed by atoms with Gasteiger partial charge >= 0.3 is 6.18 Å². The zero-order chi connectivity index (χ0) is 21.6. The second-order valence-corrected chi connectivity index (χ2v) is 8.21. The second kappa shape index (κ2) is 10.5. The zero-order valence-electron chi connectivity index (χ0n) is 17.0. The molecule has 2 aromatic rings. The smallest absolute Gasteiger partial charge is 0.397 e. The van der Waals surface area contributed by atoms with Gasteiger partial charge in [-0.1, -0.05) is 36.0 Å². The minimum absolute atomic E-state index is 0.250. The van der Waals surface area contributed by atoms with Gasteiger partial charge in [0.1, 0.15) is 0 Å². The van der Waals surface area contributed by atoms with Crippen LogP contribution >= 0.6 is 11.8 Å². The Hall–Kier alpha value is -1.80. The maximum Gasteiger partial charge on any atom is 0.416 e. The molecule has 0 radical (unpaired) electrons. The molecule has 0 saturated carbocycles. The summed E-state index contributed by atoms with van der Waals surface area (Å²) in [4.78, 5) is 4.37. The highest BCUT2D eigenvalue weighted by molar-refractivity contribution is 7.99. The van der Waals surface area contributed by atoms with Crippen LogP contribution in [0.3, 0.4) is 0 Å². The lowest BCUT2D eigenvalue weighted by atomic mass is 9.94. The number of halogens is 3. The molecule has 2 aliphatic rings. The molecule has 0 unspecified atom stereocenters. The minimum Gasteiger partial charge on any atom is -0.397 e. The lowest BCUT2D eigenvalue weighted by Gasteiger charge is -2.27. The van der Waals surface area contributed by atoms with E-state index in [1.165, 1.54) is 12.1 Å². The van der Waals surface area contributed by atoms with Gasteiger partial charge in [0.25, 0.3) is 0 Å². The highest BCUT2D eigenvalue weighted by Crippen LogP contribution is 2.47. The van der Waals surface area contributed by atoms with Gasteiger partial charge in [0.05, 0.1) is 5.56 Å². The maximum absolute atomic E-state index is 13.2. The van der Waals surface area contributed by atoms with Crippen LogP contribution in [-0.2, 0) is 6.18 Å². The van der Waals surface area contributed by atoms with Crippen LogP contribution in [0.15, 0.2) is 58.3 Å². The Bertz CT molecular complexity index is 877. The van der Waals surface area contributed by atoms with Gasteiger partial charge in [-0.25, -0.2) is 0 Å².